The topological polar surface area (TPSA) is 75.7 Å². The summed E-state index contributed by atoms with van der Waals surface area (Å²) < 4.78 is 5.08. The molecular weight excluding hydrogens is 428 g/mol. The molecule has 1 heterocycles. The van der Waals surface area contributed by atoms with Gasteiger partial charge in [0.15, 0.2) is 0 Å². The zero-order valence-corrected chi connectivity index (χ0v) is 19.6. The largest absolute Gasteiger partial charge is 0.385 e. The van der Waals surface area contributed by atoms with Crippen molar-refractivity contribution in [2.24, 2.45) is 0 Å². The van der Waals surface area contributed by atoms with E-state index in [1.807, 2.05) is 79.7 Å². The summed E-state index contributed by atoms with van der Waals surface area (Å²) in [6.07, 6.45) is 0.458. The number of ether oxygens (including phenoxy) is 1. The van der Waals surface area contributed by atoms with Gasteiger partial charge in [-0.05, 0) is 35.2 Å². The molecular formula is C28H30N2O4. The van der Waals surface area contributed by atoms with Crippen molar-refractivity contribution in [3.8, 4) is 0 Å². The van der Waals surface area contributed by atoms with Gasteiger partial charge in [-0.1, -0.05) is 72.8 Å². The van der Waals surface area contributed by atoms with Crippen molar-refractivity contribution >= 4 is 28.5 Å². The highest BCUT2D eigenvalue weighted by Gasteiger charge is 2.53. The van der Waals surface area contributed by atoms with E-state index in [2.05, 4.69) is 5.32 Å². The first-order valence-corrected chi connectivity index (χ1v) is 11.6. The Morgan fingerprint density at radius 2 is 1.74 bits per heavy atom. The molecule has 1 saturated heterocycles. The highest BCUT2D eigenvalue weighted by Crippen LogP contribution is 2.40. The summed E-state index contributed by atoms with van der Waals surface area (Å²) in [6.45, 7) is 2.68. The number of benzene rings is 3. The molecule has 1 fully saturated rings. The number of fused-ring (bicyclic) bond motifs is 1. The second-order valence-corrected chi connectivity index (χ2v) is 8.86. The number of amides is 3. The van der Waals surface area contributed by atoms with Crippen molar-refractivity contribution in [3.63, 3.8) is 0 Å². The summed E-state index contributed by atoms with van der Waals surface area (Å²) in [5.74, 6) is -0.822. The first-order valence-electron chi connectivity index (χ1n) is 11.6. The molecule has 34 heavy (non-hydrogen) atoms. The molecule has 0 bridgehead atoms. The number of hydrogen-bond acceptors (Lipinski definition) is 4. The van der Waals surface area contributed by atoms with E-state index in [1.54, 1.807) is 7.11 Å². The van der Waals surface area contributed by atoms with E-state index in [-0.39, 0.29) is 43.1 Å². The number of hydrogen-bond donors (Lipinski definition) is 1. The highest BCUT2D eigenvalue weighted by atomic mass is 16.5. The van der Waals surface area contributed by atoms with Crippen molar-refractivity contribution in [1.82, 2.24) is 10.2 Å². The van der Waals surface area contributed by atoms with Crippen molar-refractivity contribution < 1.29 is 19.1 Å². The number of likely N-dealkylation sites (tertiary alicyclic amines) is 1. The van der Waals surface area contributed by atoms with Gasteiger partial charge in [-0.3, -0.25) is 19.3 Å². The first kappa shape index (κ1) is 23.6. The van der Waals surface area contributed by atoms with Crippen LogP contribution in [0.4, 0.5) is 0 Å². The molecule has 0 unspecified atom stereocenters. The van der Waals surface area contributed by atoms with Crippen LogP contribution >= 0.6 is 0 Å². The van der Waals surface area contributed by atoms with Crippen molar-refractivity contribution in [1.29, 1.82) is 0 Å². The van der Waals surface area contributed by atoms with Gasteiger partial charge in [-0.25, -0.2) is 0 Å². The van der Waals surface area contributed by atoms with Crippen LogP contribution in [0.3, 0.4) is 0 Å². The Bertz CT molecular complexity index is 1190. The van der Waals surface area contributed by atoms with Gasteiger partial charge in [0.25, 0.3) is 0 Å². The van der Waals surface area contributed by atoms with Gasteiger partial charge < -0.3 is 10.1 Å². The fraction of sp³-hybridized carbons (Fsp3) is 0.321. The Kier molecular flexibility index (Phi) is 7.08. The Balaban J connectivity index is 1.58. The lowest BCUT2D eigenvalue weighted by molar-refractivity contribution is -0.141. The third kappa shape index (κ3) is 4.59. The van der Waals surface area contributed by atoms with Crippen LogP contribution in [0, 0.1) is 0 Å². The SMILES string of the molecule is COCCCN1C(=O)C[C@](CC(=O)N[C@H](C)c2cccc3ccccc23)(c2ccccc2)C1=O. The Morgan fingerprint density at radius 3 is 2.50 bits per heavy atom. The van der Waals surface area contributed by atoms with Crippen LogP contribution in [-0.2, 0) is 24.5 Å². The molecule has 176 valence electrons. The quantitative estimate of drug-likeness (QED) is 0.386. The summed E-state index contributed by atoms with van der Waals surface area (Å²) in [7, 11) is 1.59. The van der Waals surface area contributed by atoms with Crippen molar-refractivity contribution in [2.75, 3.05) is 20.3 Å². The average Bonchev–Trinajstić information content (AvgIpc) is 3.09. The minimum absolute atomic E-state index is 0.0150. The lowest BCUT2D eigenvalue weighted by Crippen LogP contribution is -2.43. The number of nitrogens with zero attached hydrogens (tertiary/aromatic N) is 1. The molecule has 3 aromatic carbocycles. The molecule has 6 heteroatoms. The molecule has 1 aliphatic rings. The number of imide groups is 1. The van der Waals surface area contributed by atoms with E-state index >= 15 is 0 Å². The monoisotopic (exact) mass is 458 g/mol. The molecule has 0 aliphatic carbocycles. The lowest BCUT2D eigenvalue weighted by Gasteiger charge is -2.28. The fourth-order valence-electron chi connectivity index (χ4n) is 4.89. The summed E-state index contributed by atoms with van der Waals surface area (Å²) >= 11 is 0. The van der Waals surface area contributed by atoms with E-state index < -0.39 is 5.41 Å². The molecule has 6 nitrogen and oxygen atoms in total. The molecule has 1 aliphatic heterocycles. The number of nitrogens with one attached hydrogen (secondary N) is 1. The minimum Gasteiger partial charge on any atom is -0.385 e. The average molecular weight is 459 g/mol. The van der Waals surface area contributed by atoms with E-state index in [9.17, 15) is 14.4 Å². The van der Waals surface area contributed by atoms with Crippen molar-refractivity contribution in [3.05, 3.63) is 83.9 Å². The molecule has 4 rings (SSSR count). The van der Waals surface area contributed by atoms with Crippen LogP contribution in [0.1, 0.15) is 43.4 Å². The van der Waals surface area contributed by atoms with Crippen LogP contribution in [0.5, 0.6) is 0 Å². The molecule has 3 aromatic rings. The van der Waals surface area contributed by atoms with Gasteiger partial charge in [-0.15, -0.1) is 0 Å². The third-order valence-corrected chi connectivity index (χ3v) is 6.59. The number of carbonyl (C=O) groups is 3. The Hall–Kier alpha value is -3.51. The fourth-order valence-corrected chi connectivity index (χ4v) is 4.89. The zero-order valence-electron chi connectivity index (χ0n) is 19.6. The van der Waals surface area contributed by atoms with Crippen LogP contribution in [0.25, 0.3) is 10.8 Å². The summed E-state index contributed by atoms with van der Waals surface area (Å²) in [5.41, 5.74) is 0.499. The maximum absolute atomic E-state index is 13.6. The maximum Gasteiger partial charge on any atom is 0.240 e. The third-order valence-electron chi connectivity index (χ3n) is 6.59. The predicted octanol–water partition coefficient (Wildman–Crippen LogP) is 4.14. The normalized spacial score (nSPS) is 18.9. The number of rotatable bonds is 9. The number of carbonyl (C=O) groups excluding carboxylic acids is 3. The maximum atomic E-state index is 13.6. The molecule has 0 saturated carbocycles. The van der Waals surface area contributed by atoms with Crippen LogP contribution in [-0.4, -0.2) is 42.9 Å². The molecule has 0 aromatic heterocycles. The predicted molar refractivity (Wildman–Crippen MR) is 131 cm³/mol. The molecule has 3 amide bonds. The van der Waals surface area contributed by atoms with E-state index in [0.29, 0.717) is 18.6 Å². The van der Waals surface area contributed by atoms with Gasteiger partial charge in [0, 0.05) is 33.1 Å². The van der Waals surface area contributed by atoms with Gasteiger partial charge >= 0.3 is 0 Å². The first-order chi connectivity index (χ1) is 16.5. The van der Waals surface area contributed by atoms with Crippen LogP contribution in [0.2, 0.25) is 0 Å². The minimum atomic E-state index is -1.20. The molecule has 1 N–H and O–H groups in total. The smallest absolute Gasteiger partial charge is 0.240 e. The Labute approximate surface area is 199 Å². The molecule has 0 radical (unpaired) electrons. The highest BCUT2D eigenvalue weighted by molar-refractivity contribution is 6.10. The van der Waals surface area contributed by atoms with Gasteiger partial charge in [0.05, 0.1) is 11.5 Å². The molecule has 0 spiro atoms. The molecule has 2 atom stereocenters. The van der Waals surface area contributed by atoms with Crippen molar-refractivity contribution in [2.45, 2.75) is 37.6 Å². The summed E-state index contributed by atoms with van der Waals surface area (Å²) in [6, 6.07) is 23.0. The standard InChI is InChI=1S/C28H30N2O4/c1-20(23-15-8-11-21-10-6-7-14-24(21)23)29-25(31)18-28(22-12-4-3-5-13-22)19-26(32)30(27(28)33)16-9-17-34-2/h3-8,10-15,20H,9,16-19H2,1-2H3,(H,29,31)/t20-,28-/m1/s1. The second kappa shape index (κ2) is 10.2. The van der Waals surface area contributed by atoms with E-state index in [1.165, 1.54) is 4.90 Å². The Morgan fingerprint density at radius 1 is 1.03 bits per heavy atom. The van der Waals surface area contributed by atoms with Gasteiger partial charge in [0.2, 0.25) is 17.7 Å². The summed E-state index contributed by atoms with van der Waals surface area (Å²) in [5, 5.41) is 5.25. The van der Waals surface area contributed by atoms with Crippen LogP contribution < -0.4 is 5.32 Å². The van der Waals surface area contributed by atoms with Gasteiger partial charge in [0.1, 0.15) is 0 Å². The lowest BCUT2D eigenvalue weighted by atomic mass is 9.75. The van der Waals surface area contributed by atoms with E-state index in [0.717, 1.165) is 16.3 Å². The van der Waals surface area contributed by atoms with Gasteiger partial charge in [-0.2, -0.15) is 0 Å². The zero-order chi connectivity index (χ0) is 24.1. The number of methoxy groups -OCH3 is 1. The van der Waals surface area contributed by atoms with E-state index in [4.69, 9.17) is 4.74 Å². The van der Waals surface area contributed by atoms with Crippen LogP contribution in [0.15, 0.2) is 72.8 Å². The second-order valence-electron chi connectivity index (χ2n) is 8.86. The summed E-state index contributed by atoms with van der Waals surface area (Å²) in [4.78, 5) is 41.0.